The Morgan fingerprint density at radius 3 is 2.78 bits per heavy atom. The lowest BCUT2D eigenvalue weighted by Gasteiger charge is -2.23. The van der Waals surface area contributed by atoms with Crippen LogP contribution in [0, 0.1) is 5.41 Å². The average Bonchev–Trinajstić information content (AvgIpc) is 3.16. The molecule has 0 fully saturated rings. The number of ether oxygens (including phenoxy) is 1. The highest BCUT2D eigenvalue weighted by molar-refractivity contribution is 5.96. The molecule has 1 aromatic carbocycles. The fourth-order valence-corrected chi connectivity index (χ4v) is 3.57. The third-order valence-electron chi connectivity index (χ3n) is 5.01. The number of nitrogens with zero attached hydrogens (tertiary/aromatic N) is 2. The number of allylic oxidation sites excluding steroid dienone is 1. The summed E-state index contributed by atoms with van der Waals surface area (Å²) >= 11 is 0. The molecule has 1 aromatic heterocycles. The first kappa shape index (κ1) is 18.9. The maximum atomic E-state index is 11.5. The molecule has 0 saturated carbocycles. The third kappa shape index (κ3) is 3.79. The summed E-state index contributed by atoms with van der Waals surface area (Å²) in [5, 5.41) is 11.8. The van der Waals surface area contributed by atoms with Gasteiger partial charge in [0.25, 0.3) is 0 Å². The summed E-state index contributed by atoms with van der Waals surface area (Å²) in [6, 6.07) is 5.77. The summed E-state index contributed by atoms with van der Waals surface area (Å²) in [5.74, 6) is 0.461. The Bertz CT molecular complexity index is 880. The molecule has 1 aliphatic rings. The van der Waals surface area contributed by atoms with Crippen molar-refractivity contribution in [3.63, 3.8) is 0 Å². The van der Waals surface area contributed by atoms with Gasteiger partial charge in [-0.25, -0.2) is 0 Å². The standard InChI is InChI=1S/C21H26N4O2/c1-14(2)25-19(9-10-24-25)17-6-4-3-5-16(17)13-27-20-8-7-15(11-22)21(23)18(20)12-26/h7-12,14,22H,3-6,13,23H2,1-2H3. The molecule has 0 spiro atoms. The number of anilines is 1. The Balaban J connectivity index is 1.90. The number of nitrogens with one attached hydrogen (secondary N) is 1. The van der Waals surface area contributed by atoms with E-state index in [1.54, 1.807) is 12.1 Å². The quantitative estimate of drug-likeness (QED) is 0.435. The van der Waals surface area contributed by atoms with E-state index in [9.17, 15) is 4.79 Å². The van der Waals surface area contributed by atoms with Crippen molar-refractivity contribution in [2.45, 2.75) is 45.6 Å². The molecule has 0 radical (unpaired) electrons. The summed E-state index contributed by atoms with van der Waals surface area (Å²) < 4.78 is 8.05. The van der Waals surface area contributed by atoms with E-state index in [4.69, 9.17) is 15.9 Å². The van der Waals surface area contributed by atoms with Crippen LogP contribution in [0.1, 0.15) is 67.2 Å². The summed E-state index contributed by atoms with van der Waals surface area (Å²) in [7, 11) is 0. The van der Waals surface area contributed by atoms with E-state index in [-0.39, 0.29) is 5.69 Å². The molecule has 0 aliphatic heterocycles. The second-order valence-electron chi connectivity index (χ2n) is 7.08. The van der Waals surface area contributed by atoms with E-state index >= 15 is 0 Å². The molecule has 3 rings (SSSR count). The van der Waals surface area contributed by atoms with Crippen LogP contribution in [0.15, 0.2) is 30.0 Å². The average molecular weight is 366 g/mol. The highest BCUT2D eigenvalue weighted by Crippen LogP contribution is 2.34. The minimum atomic E-state index is 0.285. The molecule has 27 heavy (non-hydrogen) atoms. The Labute approximate surface area is 159 Å². The Hall–Kier alpha value is -2.89. The number of nitrogens with two attached hydrogens (primary N) is 1. The number of aromatic nitrogens is 2. The second kappa shape index (κ2) is 8.20. The molecule has 1 aliphatic carbocycles. The van der Waals surface area contributed by atoms with Crippen molar-refractivity contribution < 1.29 is 9.53 Å². The van der Waals surface area contributed by atoms with E-state index in [1.807, 2.05) is 10.9 Å². The van der Waals surface area contributed by atoms with E-state index < -0.39 is 0 Å². The van der Waals surface area contributed by atoms with Crippen molar-refractivity contribution in [3.05, 3.63) is 46.8 Å². The highest BCUT2D eigenvalue weighted by atomic mass is 16.5. The number of carbonyl (C=O) groups is 1. The van der Waals surface area contributed by atoms with Gasteiger partial charge in [-0.15, -0.1) is 0 Å². The van der Waals surface area contributed by atoms with Gasteiger partial charge in [-0.1, -0.05) is 0 Å². The highest BCUT2D eigenvalue weighted by Gasteiger charge is 2.20. The molecule has 1 heterocycles. The lowest BCUT2D eigenvalue weighted by atomic mass is 9.90. The molecule has 3 N–H and O–H groups in total. The van der Waals surface area contributed by atoms with E-state index in [2.05, 4.69) is 25.0 Å². The maximum Gasteiger partial charge on any atom is 0.155 e. The Morgan fingerprint density at radius 2 is 2.07 bits per heavy atom. The number of aldehydes is 1. The predicted octanol–water partition coefficient (Wildman–Crippen LogP) is 4.26. The van der Waals surface area contributed by atoms with Crippen LogP contribution in [0.3, 0.4) is 0 Å². The summed E-state index contributed by atoms with van der Waals surface area (Å²) in [5.41, 5.74) is 10.8. The van der Waals surface area contributed by atoms with Crippen LogP contribution in [-0.2, 0) is 0 Å². The van der Waals surface area contributed by atoms with Gasteiger partial charge in [-0.05, 0) is 68.9 Å². The molecule has 0 atom stereocenters. The fraction of sp³-hybridized carbons (Fsp3) is 0.381. The number of carbonyl (C=O) groups excluding carboxylic acids is 1. The van der Waals surface area contributed by atoms with E-state index in [0.29, 0.717) is 35.8 Å². The number of nitrogen functional groups attached to an aromatic ring is 1. The Morgan fingerprint density at radius 1 is 1.30 bits per heavy atom. The van der Waals surface area contributed by atoms with Crippen LogP contribution >= 0.6 is 0 Å². The first-order valence-electron chi connectivity index (χ1n) is 9.32. The van der Waals surface area contributed by atoms with Crippen LogP contribution in [-0.4, -0.2) is 28.9 Å². The van der Waals surface area contributed by atoms with Crippen molar-refractivity contribution in [1.29, 1.82) is 5.41 Å². The van der Waals surface area contributed by atoms with Gasteiger partial charge < -0.3 is 15.9 Å². The normalized spacial score (nSPS) is 14.5. The van der Waals surface area contributed by atoms with Crippen LogP contribution < -0.4 is 10.5 Å². The zero-order valence-corrected chi connectivity index (χ0v) is 15.9. The molecular formula is C21H26N4O2. The van der Waals surface area contributed by atoms with Gasteiger partial charge in [0.1, 0.15) is 12.4 Å². The van der Waals surface area contributed by atoms with Gasteiger partial charge in [0, 0.05) is 24.0 Å². The number of hydrogen-bond donors (Lipinski definition) is 2. The number of hydrogen-bond acceptors (Lipinski definition) is 5. The summed E-state index contributed by atoms with van der Waals surface area (Å²) in [4.78, 5) is 11.5. The molecular weight excluding hydrogens is 340 g/mol. The molecule has 0 saturated heterocycles. The second-order valence-corrected chi connectivity index (χ2v) is 7.08. The monoisotopic (exact) mass is 366 g/mol. The van der Waals surface area contributed by atoms with Gasteiger partial charge in [-0.3, -0.25) is 9.48 Å². The summed E-state index contributed by atoms with van der Waals surface area (Å²) in [6.45, 7) is 4.67. The smallest absolute Gasteiger partial charge is 0.155 e. The van der Waals surface area contributed by atoms with Gasteiger partial charge >= 0.3 is 0 Å². The van der Waals surface area contributed by atoms with E-state index in [1.165, 1.54) is 11.1 Å². The van der Waals surface area contributed by atoms with Crippen molar-refractivity contribution >= 4 is 23.8 Å². The topological polar surface area (TPSA) is 94.0 Å². The van der Waals surface area contributed by atoms with Crippen LogP contribution in [0.4, 0.5) is 5.69 Å². The molecule has 0 amide bonds. The SMILES string of the molecule is CC(C)n1nccc1C1=C(COc2ccc(C=N)c(N)c2C=O)CCCC1. The molecule has 0 bridgehead atoms. The van der Waals surface area contributed by atoms with Crippen molar-refractivity contribution in [2.75, 3.05) is 12.3 Å². The van der Waals surface area contributed by atoms with Crippen molar-refractivity contribution in [1.82, 2.24) is 9.78 Å². The molecule has 0 unspecified atom stereocenters. The zero-order chi connectivity index (χ0) is 19.4. The van der Waals surface area contributed by atoms with Gasteiger partial charge in [-0.2, -0.15) is 5.10 Å². The van der Waals surface area contributed by atoms with Gasteiger partial charge in [0.15, 0.2) is 6.29 Å². The molecule has 142 valence electrons. The molecule has 6 nitrogen and oxygen atoms in total. The largest absolute Gasteiger partial charge is 0.488 e. The maximum absolute atomic E-state index is 11.5. The minimum Gasteiger partial charge on any atom is -0.488 e. The fourth-order valence-electron chi connectivity index (χ4n) is 3.57. The lowest BCUT2D eigenvalue weighted by Crippen LogP contribution is -2.13. The van der Waals surface area contributed by atoms with Gasteiger partial charge in [0.2, 0.25) is 0 Å². The number of rotatable bonds is 7. The number of benzene rings is 1. The predicted molar refractivity (Wildman–Crippen MR) is 108 cm³/mol. The van der Waals surface area contributed by atoms with Crippen molar-refractivity contribution in [2.24, 2.45) is 0 Å². The van der Waals surface area contributed by atoms with Gasteiger partial charge in [0.05, 0.1) is 16.9 Å². The van der Waals surface area contributed by atoms with Crippen LogP contribution in [0.25, 0.3) is 5.57 Å². The first-order valence-corrected chi connectivity index (χ1v) is 9.32. The lowest BCUT2D eigenvalue weighted by molar-refractivity contribution is 0.112. The first-order chi connectivity index (χ1) is 13.1. The molecule has 6 heteroatoms. The van der Waals surface area contributed by atoms with Crippen molar-refractivity contribution in [3.8, 4) is 5.75 Å². The zero-order valence-electron chi connectivity index (χ0n) is 15.9. The van der Waals surface area contributed by atoms with E-state index in [0.717, 1.165) is 37.6 Å². The van der Waals surface area contributed by atoms with Crippen LogP contribution in [0.5, 0.6) is 5.75 Å². The minimum absolute atomic E-state index is 0.285. The third-order valence-corrected chi connectivity index (χ3v) is 5.01. The Kier molecular flexibility index (Phi) is 5.74. The summed E-state index contributed by atoms with van der Waals surface area (Å²) in [6.07, 6.45) is 7.95. The molecule has 2 aromatic rings. The van der Waals surface area contributed by atoms with Crippen LogP contribution in [0.2, 0.25) is 0 Å².